The number of hydrogen-bond acceptors (Lipinski definition) is 6. The fourth-order valence-electron chi connectivity index (χ4n) is 2.93. The van der Waals surface area contributed by atoms with E-state index in [2.05, 4.69) is 10.6 Å². The predicted octanol–water partition coefficient (Wildman–Crippen LogP) is 1.93. The second-order valence-electron chi connectivity index (χ2n) is 7.04. The topological polar surface area (TPSA) is 129 Å². The highest BCUT2D eigenvalue weighted by atomic mass is 16.5. The average Bonchev–Trinajstić information content (AvgIpc) is 2.90. The van der Waals surface area contributed by atoms with Gasteiger partial charge < -0.3 is 15.4 Å². The van der Waals surface area contributed by atoms with Crippen LogP contribution in [0.25, 0.3) is 0 Å². The van der Waals surface area contributed by atoms with Crippen molar-refractivity contribution in [3.05, 3.63) is 29.8 Å². The van der Waals surface area contributed by atoms with E-state index in [0.717, 1.165) is 17.7 Å². The molecule has 1 aromatic carbocycles. The van der Waals surface area contributed by atoms with E-state index >= 15 is 0 Å². The zero-order chi connectivity index (χ0) is 21.6. The van der Waals surface area contributed by atoms with Gasteiger partial charge in [0.1, 0.15) is 18.2 Å². The van der Waals surface area contributed by atoms with Gasteiger partial charge in [-0.2, -0.15) is 5.26 Å². The zero-order valence-electron chi connectivity index (χ0n) is 16.7. The molecule has 0 bridgehead atoms. The number of esters is 1. The number of carbonyl (C=O) groups is 4. The third-order valence-electron chi connectivity index (χ3n) is 4.65. The minimum atomic E-state index is -1.18. The molecule has 154 valence electrons. The lowest BCUT2D eigenvalue weighted by Gasteiger charge is -2.21. The van der Waals surface area contributed by atoms with Crippen LogP contribution in [0.4, 0.5) is 10.5 Å². The number of ether oxygens (including phenoxy) is 1. The number of nitriles is 1. The maximum absolute atomic E-state index is 12.5. The highest BCUT2D eigenvalue weighted by Gasteiger charge is 2.48. The average molecular weight is 400 g/mol. The normalized spacial score (nSPS) is 19.3. The lowest BCUT2D eigenvalue weighted by Crippen LogP contribution is -2.44. The number of urea groups is 1. The summed E-state index contributed by atoms with van der Waals surface area (Å²) in [5.41, 5.74) is -0.481. The van der Waals surface area contributed by atoms with Gasteiger partial charge in [-0.05, 0) is 32.4 Å². The molecule has 0 radical (unpaired) electrons. The first-order valence-corrected chi connectivity index (χ1v) is 9.35. The van der Waals surface area contributed by atoms with Crippen molar-refractivity contribution in [2.45, 2.75) is 51.7 Å². The number of nitrogens with one attached hydrogen (secondary N) is 2. The third kappa shape index (κ3) is 5.10. The van der Waals surface area contributed by atoms with Gasteiger partial charge in [0.25, 0.3) is 11.8 Å². The van der Waals surface area contributed by atoms with Crippen LogP contribution in [0.5, 0.6) is 0 Å². The van der Waals surface area contributed by atoms with Gasteiger partial charge in [-0.25, -0.2) is 4.79 Å². The quantitative estimate of drug-likeness (QED) is 0.507. The third-order valence-corrected chi connectivity index (χ3v) is 4.65. The number of amides is 4. The molecular formula is C20H24N4O5. The van der Waals surface area contributed by atoms with Crippen molar-refractivity contribution in [2.75, 3.05) is 11.9 Å². The molecule has 0 unspecified atom stereocenters. The molecule has 1 aromatic rings. The van der Waals surface area contributed by atoms with Gasteiger partial charge in [-0.15, -0.1) is 0 Å². The molecule has 1 saturated heterocycles. The highest BCUT2D eigenvalue weighted by molar-refractivity contribution is 6.08. The molecular weight excluding hydrogens is 376 g/mol. The second-order valence-corrected chi connectivity index (χ2v) is 7.04. The molecule has 29 heavy (non-hydrogen) atoms. The molecule has 2 rings (SSSR count). The van der Waals surface area contributed by atoms with Gasteiger partial charge in [0.05, 0.1) is 11.3 Å². The summed E-state index contributed by atoms with van der Waals surface area (Å²) in [6, 6.07) is 7.69. The van der Waals surface area contributed by atoms with Gasteiger partial charge in [-0.3, -0.25) is 19.3 Å². The number of para-hydroxylation sites is 1. The van der Waals surface area contributed by atoms with Crippen LogP contribution in [-0.2, 0) is 19.1 Å². The minimum Gasteiger partial charge on any atom is -0.451 e. The van der Waals surface area contributed by atoms with Gasteiger partial charge in [0, 0.05) is 0 Å². The number of carbonyl (C=O) groups excluding carboxylic acids is 4. The first kappa shape index (κ1) is 21.9. The molecule has 4 amide bonds. The van der Waals surface area contributed by atoms with E-state index in [9.17, 15) is 19.2 Å². The van der Waals surface area contributed by atoms with E-state index in [0.29, 0.717) is 12.1 Å². The summed E-state index contributed by atoms with van der Waals surface area (Å²) >= 11 is 0. The molecule has 1 aliphatic rings. The van der Waals surface area contributed by atoms with Crippen LogP contribution < -0.4 is 10.6 Å². The number of rotatable bonds is 8. The largest absolute Gasteiger partial charge is 0.451 e. The Bertz CT molecular complexity index is 863. The highest BCUT2D eigenvalue weighted by Crippen LogP contribution is 2.23. The van der Waals surface area contributed by atoms with Crippen molar-refractivity contribution in [3.63, 3.8) is 0 Å². The van der Waals surface area contributed by atoms with E-state index in [-0.39, 0.29) is 5.56 Å². The number of imide groups is 1. The molecule has 1 heterocycles. The minimum absolute atomic E-state index is 0.269. The van der Waals surface area contributed by atoms with Crippen LogP contribution in [-0.4, -0.2) is 46.9 Å². The zero-order valence-corrected chi connectivity index (χ0v) is 16.7. The second kappa shape index (κ2) is 9.19. The van der Waals surface area contributed by atoms with E-state index in [1.807, 2.05) is 13.0 Å². The molecule has 0 aliphatic carbocycles. The van der Waals surface area contributed by atoms with E-state index < -0.39 is 42.0 Å². The monoisotopic (exact) mass is 400 g/mol. The number of nitrogens with zero attached hydrogens (tertiary/aromatic N) is 2. The standard InChI is InChI=1S/C20H24N4O5/c1-4-5-10-20(3)18(27)24(19(28)23-20)12-16(25)29-13(2)17(26)22-15-9-7-6-8-14(15)11-21/h6-9,13H,4-5,10,12H2,1-3H3,(H,22,26)(H,23,28)/t13-,20+/m1/s1. The molecule has 1 fully saturated rings. The molecule has 1 aliphatic heterocycles. The Morgan fingerprint density at radius 1 is 1.34 bits per heavy atom. The summed E-state index contributed by atoms with van der Waals surface area (Å²) in [7, 11) is 0. The first-order chi connectivity index (χ1) is 13.7. The van der Waals surface area contributed by atoms with Crippen molar-refractivity contribution in [2.24, 2.45) is 0 Å². The number of hydrogen-bond donors (Lipinski definition) is 2. The number of benzene rings is 1. The van der Waals surface area contributed by atoms with Gasteiger partial charge in [0.15, 0.2) is 6.10 Å². The molecule has 2 N–H and O–H groups in total. The summed E-state index contributed by atoms with van der Waals surface area (Å²) in [4.78, 5) is 49.9. The van der Waals surface area contributed by atoms with Gasteiger partial charge in [-0.1, -0.05) is 31.9 Å². The summed E-state index contributed by atoms with van der Waals surface area (Å²) in [6.45, 7) is 4.37. The smallest absolute Gasteiger partial charge is 0.327 e. The fraction of sp³-hybridized carbons (Fsp3) is 0.450. The molecule has 0 aromatic heterocycles. The predicted molar refractivity (Wildman–Crippen MR) is 104 cm³/mol. The number of anilines is 1. The Labute approximate surface area is 169 Å². The fourth-order valence-corrected chi connectivity index (χ4v) is 2.93. The van der Waals surface area contributed by atoms with Crippen molar-refractivity contribution >= 4 is 29.5 Å². The SMILES string of the molecule is CCCC[C@]1(C)NC(=O)N(CC(=O)O[C@H](C)C(=O)Nc2ccccc2C#N)C1=O. The van der Waals surface area contributed by atoms with Gasteiger partial charge in [0.2, 0.25) is 0 Å². The maximum Gasteiger partial charge on any atom is 0.327 e. The van der Waals surface area contributed by atoms with E-state index in [4.69, 9.17) is 10.00 Å². The van der Waals surface area contributed by atoms with Crippen LogP contribution in [0.2, 0.25) is 0 Å². The Hall–Kier alpha value is -3.41. The van der Waals surface area contributed by atoms with E-state index in [1.165, 1.54) is 6.92 Å². The van der Waals surface area contributed by atoms with Crippen LogP contribution >= 0.6 is 0 Å². The summed E-state index contributed by atoms with van der Waals surface area (Å²) in [5, 5.41) is 14.2. The van der Waals surface area contributed by atoms with Crippen LogP contribution in [0.15, 0.2) is 24.3 Å². The molecule has 9 nitrogen and oxygen atoms in total. The Morgan fingerprint density at radius 3 is 2.69 bits per heavy atom. The van der Waals surface area contributed by atoms with Crippen molar-refractivity contribution < 1.29 is 23.9 Å². The van der Waals surface area contributed by atoms with E-state index in [1.54, 1.807) is 31.2 Å². The van der Waals surface area contributed by atoms with Crippen molar-refractivity contribution in [1.82, 2.24) is 10.2 Å². The van der Waals surface area contributed by atoms with Crippen LogP contribution in [0.3, 0.4) is 0 Å². The Kier molecular flexibility index (Phi) is 6.93. The van der Waals surface area contributed by atoms with Crippen molar-refractivity contribution in [3.8, 4) is 6.07 Å². The van der Waals surface area contributed by atoms with Gasteiger partial charge >= 0.3 is 12.0 Å². The maximum atomic E-state index is 12.5. The molecule has 2 atom stereocenters. The van der Waals surface area contributed by atoms with Crippen LogP contribution in [0.1, 0.15) is 45.6 Å². The first-order valence-electron chi connectivity index (χ1n) is 9.35. The summed E-state index contributed by atoms with van der Waals surface area (Å²) in [6.07, 6.45) is 0.905. The van der Waals surface area contributed by atoms with Crippen LogP contribution in [0, 0.1) is 11.3 Å². The summed E-state index contributed by atoms with van der Waals surface area (Å²) < 4.78 is 5.06. The lowest BCUT2D eigenvalue weighted by molar-refractivity contribution is -0.155. The Balaban J connectivity index is 1.94. The Morgan fingerprint density at radius 2 is 2.03 bits per heavy atom. The molecule has 0 spiro atoms. The lowest BCUT2D eigenvalue weighted by atomic mass is 9.95. The van der Waals surface area contributed by atoms with Crippen molar-refractivity contribution in [1.29, 1.82) is 5.26 Å². The molecule has 9 heteroatoms. The molecule has 0 saturated carbocycles. The summed E-state index contributed by atoms with van der Waals surface area (Å²) in [5.74, 6) is -2.01. The number of unbranched alkanes of at least 4 members (excludes halogenated alkanes) is 1.